The fourth-order valence-corrected chi connectivity index (χ4v) is 3.54. The number of anilines is 2. The first-order valence-corrected chi connectivity index (χ1v) is 9.01. The molecule has 130 valence electrons. The van der Waals surface area contributed by atoms with Crippen molar-refractivity contribution in [3.63, 3.8) is 0 Å². The lowest BCUT2D eigenvalue weighted by molar-refractivity contribution is 0.0993. The van der Waals surface area contributed by atoms with Crippen molar-refractivity contribution in [3.8, 4) is 0 Å². The molecular weight excluding hydrogens is 367 g/mol. The maximum atomic E-state index is 13.1. The van der Waals surface area contributed by atoms with E-state index in [1.165, 1.54) is 0 Å². The molecule has 5 heteroatoms. The van der Waals surface area contributed by atoms with Crippen LogP contribution in [0.2, 0.25) is 10.0 Å². The molecule has 4 rings (SSSR count). The van der Waals surface area contributed by atoms with Gasteiger partial charge < -0.3 is 5.32 Å². The third kappa shape index (κ3) is 2.83. The van der Waals surface area contributed by atoms with Crippen LogP contribution in [0.25, 0.3) is 0 Å². The third-order valence-corrected chi connectivity index (χ3v) is 5.29. The van der Waals surface area contributed by atoms with E-state index in [1.807, 2.05) is 61.5 Å². The van der Waals surface area contributed by atoms with Crippen molar-refractivity contribution in [2.75, 3.05) is 10.2 Å². The van der Waals surface area contributed by atoms with E-state index in [4.69, 9.17) is 23.2 Å². The summed E-state index contributed by atoms with van der Waals surface area (Å²) in [6.07, 6.45) is -0.322. The molecule has 1 amide bonds. The topological polar surface area (TPSA) is 32.3 Å². The van der Waals surface area contributed by atoms with Gasteiger partial charge in [-0.15, -0.1) is 0 Å². The Morgan fingerprint density at radius 3 is 2.42 bits per heavy atom. The Balaban J connectivity index is 1.81. The second-order valence-corrected chi connectivity index (χ2v) is 7.04. The van der Waals surface area contributed by atoms with Gasteiger partial charge in [-0.25, -0.2) is 0 Å². The van der Waals surface area contributed by atoms with Crippen molar-refractivity contribution < 1.29 is 4.79 Å². The van der Waals surface area contributed by atoms with Gasteiger partial charge in [0.05, 0.1) is 0 Å². The molecule has 1 aliphatic rings. The van der Waals surface area contributed by atoms with Crippen LogP contribution in [0.3, 0.4) is 0 Å². The summed E-state index contributed by atoms with van der Waals surface area (Å²) in [6, 6.07) is 20.6. The Hall–Kier alpha value is -2.49. The van der Waals surface area contributed by atoms with E-state index in [9.17, 15) is 4.79 Å². The average Bonchev–Trinajstić information content (AvgIpc) is 2.92. The van der Waals surface area contributed by atoms with Crippen LogP contribution in [0.5, 0.6) is 0 Å². The number of nitrogens with zero attached hydrogens (tertiary/aromatic N) is 1. The van der Waals surface area contributed by atoms with E-state index in [1.54, 1.807) is 17.0 Å². The van der Waals surface area contributed by atoms with E-state index in [2.05, 4.69) is 5.32 Å². The van der Waals surface area contributed by atoms with Crippen LogP contribution in [-0.4, -0.2) is 5.91 Å². The SMILES string of the molecule is Cc1c(Cl)cccc1NC1c2ccccc2C(=O)N1c1ccc(Cl)cc1. The van der Waals surface area contributed by atoms with E-state index < -0.39 is 0 Å². The number of rotatable bonds is 3. The first-order chi connectivity index (χ1) is 12.6. The molecule has 0 spiro atoms. The van der Waals surface area contributed by atoms with Crippen LogP contribution in [-0.2, 0) is 0 Å². The highest BCUT2D eigenvalue weighted by Gasteiger charge is 2.37. The normalized spacial score (nSPS) is 15.9. The number of halogens is 2. The predicted molar refractivity (Wildman–Crippen MR) is 107 cm³/mol. The molecule has 0 saturated carbocycles. The first-order valence-electron chi connectivity index (χ1n) is 8.26. The number of hydrogen-bond acceptors (Lipinski definition) is 2. The minimum Gasteiger partial charge on any atom is -0.361 e. The van der Waals surface area contributed by atoms with Crippen molar-refractivity contribution in [2.45, 2.75) is 13.1 Å². The Morgan fingerprint density at radius 2 is 1.65 bits per heavy atom. The molecule has 1 N–H and O–H groups in total. The monoisotopic (exact) mass is 382 g/mol. The van der Waals surface area contributed by atoms with Crippen LogP contribution in [0.4, 0.5) is 11.4 Å². The second kappa shape index (κ2) is 6.67. The largest absolute Gasteiger partial charge is 0.361 e. The van der Waals surface area contributed by atoms with Crippen molar-refractivity contribution in [1.29, 1.82) is 0 Å². The van der Waals surface area contributed by atoms with E-state index in [-0.39, 0.29) is 12.1 Å². The fourth-order valence-electron chi connectivity index (χ4n) is 3.24. The van der Waals surface area contributed by atoms with Gasteiger partial charge in [0.15, 0.2) is 0 Å². The molecule has 1 aliphatic heterocycles. The van der Waals surface area contributed by atoms with E-state index in [0.717, 1.165) is 22.5 Å². The predicted octanol–water partition coefficient (Wildman–Crippen LogP) is 6.07. The third-order valence-electron chi connectivity index (χ3n) is 4.63. The summed E-state index contributed by atoms with van der Waals surface area (Å²) in [6.45, 7) is 1.96. The summed E-state index contributed by atoms with van der Waals surface area (Å²) in [4.78, 5) is 14.8. The van der Waals surface area contributed by atoms with Gasteiger partial charge in [-0.1, -0.05) is 47.5 Å². The number of benzene rings is 3. The van der Waals surface area contributed by atoms with Crippen LogP contribution in [0, 0.1) is 6.92 Å². The number of amides is 1. The molecule has 0 aliphatic carbocycles. The number of nitrogens with one attached hydrogen (secondary N) is 1. The zero-order chi connectivity index (χ0) is 18.3. The molecule has 26 heavy (non-hydrogen) atoms. The van der Waals surface area contributed by atoms with Crippen molar-refractivity contribution in [2.24, 2.45) is 0 Å². The molecule has 0 fully saturated rings. The van der Waals surface area contributed by atoms with Gasteiger partial charge in [-0.3, -0.25) is 9.69 Å². The summed E-state index contributed by atoms with van der Waals surface area (Å²) in [5.41, 5.74) is 4.26. The molecule has 0 bridgehead atoms. The maximum absolute atomic E-state index is 13.1. The molecule has 3 aromatic carbocycles. The molecule has 1 unspecified atom stereocenters. The molecule has 1 heterocycles. The van der Waals surface area contributed by atoms with Gasteiger partial charge >= 0.3 is 0 Å². The first kappa shape index (κ1) is 17.0. The highest BCUT2D eigenvalue weighted by Crippen LogP contribution is 2.39. The maximum Gasteiger partial charge on any atom is 0.260 e. The van der Waals surface area contributed by atoms with Crippen LogP contribution >= 0.6 is 23.2 Å². The smallest absolute Gasteiger partial charge is 0.260 e. The molecule has 3 nitrogen and oxygen atoms in total. The molecular formula is C21H16Cl2N2O. The lowest BCUT2D eigenvalue weighted by Gasteiger charge is -2.28. The fraction of sp³-hybridized carbons (Fsp3) is 0.0952. The summed E-state index contributed by atoms with van der Waals surface area (Å²) in [7, 11) is 0. The number of fused-ring (bicyclic) bond motifs is 1. The van der Waals surface area contributed by atoms with E-state index >= 15 is 0 Å². The highest BCUT2D eigenvalue weighted by molar-refractivity contribution is 6.31. The lowest BCUT2D eigenvalue weighted by Crippen LogP contribution is -2.32. The van der Waals surface area contributed by atoms with Gasteiger partial charge in [0.2, 0.25) is 0 Å². The summed E-state index contributed by atoms with van der Waals surface area (Å²) in [5.74, 6) is -0.0416. The summed E-state index contributed by atoms with van der Waals surface area (Å²) in [5, 5.41) is 4.81. The summed E-state index contributed by atoms with van der Waals surface area (Å²) < 4.78 is 0. The van der Waals surface area contributed by atoms with Gasteiger partial charge in [-0.05, 0) is 55.0 Å². The van der Waals surface area contributed by atoms with Gasteiger partial charge in [0, 0.05) is 32.5 Å². The molecule has 0 radical (unpaired) electrons. The Labute approximate surface area is 162 Å². The average molecular weight is 383 g/mol. The zero-order valence-electron chi connectivity index (χ0n) is 14.0. The summed E-state index contributed by atoms with van der Waals surface area (Å²) >= 11 is 12.3. The van der Waals surface area contributed by atoms with Crippen molar-refractivity contribution in [3.05, 3.63) is 93.5 Å². The van der Waals surface area contributed by atoms with Crippen molar-refractivity contribution in [1.82, 2.24) is 0 Å². The van der Waals surface area contributed by atoms with Crippen molar-refractivity contribution >= 4 is 40.5 Å². The van der Waals surface area contributed by atoms with Gasteiger partial charge in [-0.2, -0.15) is 0 Å². The second-order valence-electron chi connectivity index (χ2n) is 6.20. The van der Waals surface area contributed by atoms with Gasteiger partial charge in [0.1, 0.15) is 6.17 Å². The van der Waals surface area contributed by atoms with E-state index in [0.29, 0.717) is 15.6 Å². The minimum atomic E-state index is -0.322. The molecule has 1 atom stereocenters. The highest BCUT2D eigenvalue weighted by atomic mass is 35.5. The minimum absolute atomic E-state index is 0.0416. The quantitative estimate of drug-likeness (QED) is 0.595. The standard InChI is InChI=1S/C21H16Cl2N2O/c1-13-18(23)7-4-8-19(13)24-20-16-5-2-3-6-17(16)21(26)25(20)15-11-9-14(22)10-12-15/h2-12,20,24H,1H3. The number of carbonyl (C=O) groups is 1. The van der Waals surface area contributed by atoms with Crippen LogP contribution in [0.15, 0.2) is 66.7 Å². The Bertz CT molecular complexity index is 986. The molecule has 3 aromatic rings. The number of carbonyl (C=O) groups excluding carboxylic acids is 1. The number of hydrogen-bond donors (Lipinski definition) is 1. The Kier molecular flexibility index (Phi) is 4.35. The van der Waals surface area contributed by atoms with Crippen LogP contribution in [0.1, 0.15) is 27.7 Å². The zero-order valence-corrected chi connectivity index (χ0v) is 15.6. The Morgan fingerprint density at radius 1 is 0.923 bits per heavy atom. The van der Waals surface area contributed by atoms with Gasteiger partial charge in [0.25, 0.3) is 5.91 Å². The van der Waals surface area contributed by atoms with Crippen LogP contribution < -0.4 is 10.2 Å². The lowest BCUT2D eigenvalue weighted by atomic mass is 10.1. The molecule has 0 aromatic heterocycles. The molecule has 0 saturated heterocycles.